The molecule has 6 bridgehead atoms. The summed E-state index contributed by atoms with van der Waals surface area (Å²) in [6.07, 6.45) is 16.5. The summed E-state index contributed by atoms with van der Waals surface area (Å²) in [6.45, 7) is 8.46. The van der Waals surface area contributed by atoms with Crippen molar-refractivity contribution in [3.05, 3.63) is 23.8 Å². The van der Waals surface area contributed by atoms with Gasteiger partial charge in [-0.1, -0.05) is 45.8 Å². The third-order valence-corrected chi connectivity index (χ3v) is 9.56. The number of carbonyl (C=O) groups excluding carboxylic acids is 3. The summed E-state index contributed by atoms with van der Waals surface area (Å²) in [5.41, 5.74) is 0.512. The Kier molecular flexibility index (Phi) is 6.63. The summed E-state index contributed by atoms with van der Waals surface area (Å²) in [7, 11) is 0. The Bertz CT molecular complexity index is 816. The Morgan fingerprint density at radius 1 is 1.03 bits per heavy atom. The monoisotopic (exact) mass is 455 g/mol. The van der Waals surface area contributed by atoms with Gasteiger partial charge in [0.25, 0.3) is 0 Å². The van der Waals surface area contributed by atoms with E-state index in [1.807, 2.05) is 20.8 Å². The first-order valence-corrected chi connectivity index (χ1v) is 12.9. The number of hydrogen-bond acceptors (Lipinski definition) is 5. The highest BCUT2D eigenvalue weighted by molar-refractivity contribution is 6.04. The zero-order chi connectivity index (χ0) is 24.0. The van der Waals surface area contributed by atoms with Crippen LogP contribution in [0.15, 0.2) is 23.8 Å². The number of cyclic esters (lactones) is 2. The Balaban J connectivity index is 0.000000124. The number of allylic oxidation sites excluding steroid dienone is 2. The van der Waals surface area contributed by atoms with Crippen molar-refractivity contribution < 1.29 is 24.2 Å². The van der Waals surface area contributed by atoms with Gasteiger partial charge in [-0.2, -0.15) is 0 Å². The van der Waals surface area contributed by atoms with Gasteiger partial charge in [0.2, 0.25) is 0 Å². The zero-order valence-corrected chi connectivity index (χ0v) is 20.6. The van der Waals surface area contributed by atoms with Gasteiger partial charge in [0.05, 0.1) is 0 Å². The average Bonchev–Trinajstić information content (AvgIpc) is 3.44. The molecule has 5 fully saturated rings. The van der Waals surface area contributed by atoms with E-state index >= 15 is 0 Å². The Hall–Kier alpha value is -1.91. The van der Waals surface area contributed by atoms with E-state index in [0.29, 0.717) is 6.42 Å². The van der Waals surface area contributed by atoms with Gasteiger partial charge in [0, 0.05) is 23.5 Å². The fourth-order valence-electron chi connectivity index (χ4n) is 8.24. The lowest BCUT2D eigenvalue weighted by molar-refractivity contribution is -0.327. The Morgan fingerprint density at radius 2 is 1.58 bits per heavy atom. The minimum absolute atomic E-state index is 0.202. The van der Waals surface area contributed by atoms with Crippen LogP contribution in [0.2, 0.25) is 0 Å². The van der Waals surface area contributed by atoms with Crippen LogP contribution < -0.4 is 5.11 Å². The third-order valence-electron chi connectivity index (χ3n) is 9.56. The van der Waals surface area contributed by atoms with Gasteiger partial charge in [-0.15, -0.1) is 0 Å². The molecule has 0 radical (unpaired) electrons. The maximum atomic E-state index is 11.4. The summed E-state index contributed by atoms with van der Waals surface area (Å²) in [5.74, 6) is 4.05. The molecule has 182 valence electrons. The second-order valence-electron chi connectivity index (χ2n) is 12.3. The summed E-state index contributed by atoms with van der Waals surface area (Å²) in [5, 5.41) is 11.4. The molecule has 5 saturated carbocycles. The number of carboxylic acids is 1. The highest BCUT2D eigenvalue weighted by Crippen LogP contribution is 2.60. The molecule has 5 heteroatoms. The van der Waals surface area contributed by atoms with Crippen LogP contribution in [0.1, 0.15) is 85.5 Å². The fourth-order valence-corrected chi connectivity index (χ4v) is 8.24. The molecular weight excluding hydrogens is 416 g/mol. The normalized spacial score (nSPS) is 39.5. The summed E-state index contributed by atoms with van der Waals surface area (Å²) in [4.78, 5) is 31.3. The maximum Gasteiger partial charge on any atom is 0.338 e. The van der Waals surface area contributed by atoms with Gasteiger partial charge in [0.15, 0.2) is 0 Å². The van der Waals surface area contributed by atoms with Crippen LogP contribution in [0.3, 0.4) is 0 Å². The second-order valence-corrected chi connectivity index (χ2v) is 12.3. The van der Waals surface area contributed by atoms with Crippen LogP contribution in [0.4, 0.5) is 0 Å². The van der Waals surface area contributed by atoms with Gasteiger partial charge in [-0.3, -0.25) is 0 Å². The van der Waals surface area contributed by atoms with E-state index in [-0.39, 0.29) is 11.3 Å². The quantitative estimate of drug-likeness (QED) is 0.345. The van der Waals surface area contributed by atoms with E-state index in [1.165, 1.54) is 12.0 Å². The molecule has 1 aliphatic heterocycles. The van der Waals surface area contributed by atoms with Gasteiger partial charge in [-0.05, 0) is 92.3 Å². The van der Waals surface area contributed by atoms with Crippen molar-refractivity contribution in [3.8, 4) is 0 Å². The maximum absolute atomic E-state index is 11.4. The van der Waals surface area contributed by atoms with E-state index in [9.17, 15) is 19.5 Å². The number of aliphatic carboxylic acids is 1. The molecule has 2 atom stereocenters. The van der Waals surface area contributed by atoms with Crippen molar-refractivity contribution in [2.24, 2.45) is 46.3 Å². The molecule has 7 rings (SSSR count). The van der Waals surface area contributed by atoms with Crippen LogP contribution in [0.5, 0.6) is 0 Å². The first-order chi connectivity index (χ1) is 15.5. The molecule has 0 spiro atoms. The van der Waals surface area contributed by atoms with Crippen LogP contribution in [-0.2, 0) is 19.1 Å². The van der Waals surface area contributed by atoms with Crippen LogP contribution in [0.25, 0.3) is 0 Å². The molecule has 5 nitrogen and oxygen atoms in total. The molecular formula is C28H39O5-. The lowest BCUT2D eigenvalue weighted by Crippen LogP contribution is -2.53. The molecule has 6 aliphatic carbocycles. The number of carbonyl (C=O) groups is 3. The zero-order valence-electron chi connectivity index (χ0n) is 20.6. The Morgan fingerprint density at radius 3 is 1.85 bits per heavy atom. The summed E-state index contributed by atoms with van der Waals surface area (Å²) < 4.78 is 3.97. The predicted octanol–water partition coefficient (Wildman–Crippen LogP) is 4.60. The standard InChI is InChI=1S/C12H18O2.C12H20.C4H2O3/c1-11(2,3)12(10(13)14)7-8-4-5-9(12)6-8;1-2-12-10-4-8-3-9(6-10)7-11(12)5-8;5-3-1-2-4(6)7-3/h4,9H,5-7H2,1-3H3,(H,13,14);8-12H,2-7H2,1H3;1-2H/p-1. The molecule has 0 aromatic rings. The largest absolute Gasteiger partial charge is 0.550 e. The number of fused-ring (bicyclic) bond motifs is 2. The molecule has 0 aromatic heterocycles. The highest BCUT2D eigenvalue weighted by Gasteiger charge is 2.55. The first kappa shape index (κ1) is 24.2. The van der Waals surface area contributed by atoms with E-state index in [1.54, 1.807) is 32.1 Å². The van der Waals surface area contributed by atoms with Crippen LogP contribution >= 0.6 is 0 Å². The molecule has 7 aliphatic rings. The topological polar surface area (TPSA) is 83.5 Å². The van der Waals surface area contributed by atoms with E-state index < -0.39 is 23.3 Å². The van der Waals surface area contributed by atoms with E-state index in [2.05, 4.69) is 17.7 Å². The predicted molar refractivity (Wildman–Crippen MR) is 123 cm³/mol. The van der Waals surface area contributed by atoms with Crippen LogP contribution in [-0.4, -0.2) is 17.9 Å². The van der Waals surface area contributed by atoms with Gasteiger partial charge >= 0.3 is 11.9 Å². The minimum atomic E-state index is -0.849. The lowest BCUT2D eigenvalue weighted by atomic mass is 9.51. The molecule has 1 heterocycles. The second kappa shape index (κ2) is 9.03. The minimum Gasteiger partial charge on any atom is -0.550 e. The number of esters is 2. The summed E-state index contributed by atoms with van der Waals surface area (Å²) in [6, 6.07) is 0. The van der Waals surface area contributed by atoms with Crippen molar-refractivity contribution in [2.45, 2.75) is 85.5 Å². The van der Waals surface area contributed by atoms with Crippen LogP contribution in [0, 0.1) is 46.3 Å². The lowest BCUT2D eigenvalue weighted by Gasteiger charge is -2.54. The molecule has 0 N–H and O–H groups in total. The van der Waals surface area contributed by atoms with E-state index in [4.69, 9.17) is 0 Å². The van der Waals surface area contributed by atoms with Crippen molar-refractivity contribution in [2.75, 3.05) is 0 Å². The van der Waals surface area contributed by atoms with Gasteiger partial charge in [-0.25, -0.2) is 9.59 Å². The van der Waals surface area contributed by atoms with Crippen molar-refractivity contribution in [3.63, 3.8) is 0 Å². The number of ether oxygens (including phenoxy) is 1. The smallest absolute Gasteiger partial charge is 0.338 e. The number of hydrogen-bond donors (Lipinski definition) is 0. The molecule has 0 amide bonds. The highest BCUT2D eigenvalue weighted by atomic mass is 16.6. The van der Waals surface area contributed by atoms with Crippen molar-refractivity contribution >= 4 is 17.9 Å². The third kappa shape index (κ3) is 4.57. The average molecular weight is 456 g/mol. The van der Waals surface area contributed by atoms with Gasteiger partial charge in [0.1, 0.15) is 0 Å². The molecule has 0 saturated heterocycles. The number of rotatable bonds is 2. The fraction of sp³-hybridized carbons (Fsp3) is 0.750. The molecule has 0 aromatic carbocycles. The number of carboxylic acid groups (broad SMARTS) is 1. The first-order valence-electron chi connectivity index (χ1n) is 12.9. The van der Waals surface area contributed by atoms with Crippen molar-refractivity contribution in [1.29, 1.82) is 0 Å². The van der Waals surface area contributed by atoms with E-state index in [0.717, 1.165) is 54.6 Å². The SMILES string of the molecule is CC(C)(C)C1(C(=O)[O-])CC2=CCC1C2.CCC1C2CC3CC(C2)CC1C3.O=C1C=CC(=O)O1. The molecule has 33 heavy (non-hydrogen) atoms. The summed E-state index contributed by atoms with van der Waals surface area (Å²) >= 11 is 0. The Labute approximate surface area is 198 Å². The molecule has 2 unspecified atom stereocenters. The van der Waals surface area contributed by atoms with Gasteiger partial charge < -0.3 is 14.6 Å². The van der Waals surface area contributed by atoms with Crippen molar-refractivity contribution in [1.82, 2.24) is 0 Å².